The molecule has 0 aliphatic heterocycles. The second-order valence-corrected chi connectivity index (χ2v) is 11.7. The third-order valence-electron chi connectivity index (χ3n) is 9.22. The highest BCUT2D eigenvalue weighted by atomic mass is 16.3. The van der Waals surface area contributed by atoms with Crippen LogP contribution in [-0.4, -0.2) is 9.97 Å². The summed E-state index contributed by atoms with van der Waals surface area (Å²) in [6.07, 6.45) is 0. The normalized spacial score (nSPS) is 12.0. The zero-order valence-corrected chi connectivity index (χ0v) is 24.2. The Hall–Kier alpha value is -6.06. The zero-order chi connectivity index (χ0) is 29.5. The fourth-order valence-corrected chi connectivity index (χ4v) is 7.18. The van der Waals surface area contributed by atoms with Gasteiger partial charge in [-0.15, -0.1) is 0 Å². The Morgan fingerprint density at radius 2 is 1.09 bits per heavy atom. The van der Waals surface area contributed by atoms with Crippen molar-refractivity contribution in [2.75, 3.05) is 0 Å². The predicted octanol–water partition coefficient (Wildman–Crippen LogP) is 11.4. The molecule has 10 rings (SSSR count). The lowest BCUT2D eigenvalue weighted by Gasteiger charge is -2.13. The first-order chi connectivity index (χ1) is 22.3. The first-order valence-electron chi connectivity index (χ1n) is 15.3. The third kappa shape index (κ3) is 3.52. The molecule has 0 spiro atoms. The first kappa shape index (κ1) is 24.4. The van der Waals surface area contributed by atoms with E-state index in [-0.39, 0.29) is 0 Å². The van der Waals surface area contributed by atoms with Gasteiger partial charge in [0.25, 0.3) is 0 Å². The maximum absolute atomic E-state index is 6.67. The Balaban J connectivity index is 1.22. The van der Waals surface area contributed by atoms with Gasteiger partial charge in [0.1, 0.15) is 11.2 Å². The van der Waals surface area contributed by atoms with Gasteiger partial charge in [-0.05, 0) is 56.8 Å². The zero-order valence-electron chi connectivity index (χ0n) is 24.2. The molecule has 0 bridgehead atoms. The minimum Gasteiger partial charge on any atom is -0.455 e. The fraction of sp³-hybridized carbons (Fsp3) is 0. The molecule has 10 aromatic rings. The summed E-state index contributed by atoms with van der Waals surface area (Å²) in [5, 5.41) is 10.6. The van der Waals surface area contributed by atoms with Gasteiger partial charge in [0, 0.05) is 38.2 Å². The maximum Gasteiger partial charge on any atom is 0.160 e. The summed E-state index contributed by atoms with van der Waals surface area (Å²) in [4.78, 5) is 10.4. The fourth-order valence-electron chi connectivity index (χ4n) is 7.18. The summed E-state index contributed by atoms with van der Waals surface area (Å²) in [7, 11) is 0. The van der Waals surface area contributed by atoms with Gasteiger partial charge in [-0.2, -0.15) is 0 Å². The van der Waals surface area contributed by atoms with Crippen LogP contribution in [0.3, 0.4) is 0 Å². The van der Waals surface area contributed by atoms with Crippen LogP contribution in [-0.2, 0) is 0 Å². The molecule has 0 aliphatic rings. The van der Waals surface area contributed by atoms with E-state index >= 15 is 0 Å². The molecule has 0 unspecified atom stereocenters. The van der Waals surface area contributed by atoms with Gasteiger partial charge in [0.05, 0.1) is 11.2 Å². The molecule has 0 aliphatic carbocycles. The minimum absolute atomic E-state index is 0.703. The van der Waals surface area contributed by atoms with Crippen molar-refractivity contribution in [2.45, 2.75) is 0 Å². The van der Waals surface area contributed by atoms with E-state index < -0.39 is 0 Å². The number of rotatable bonds is 3. The lowest BCUT2D eigenvalue weighted by atomic mass is 9.92. The van der Waals surface area contributed by atoms with E-state index in [1.165, 1.54) is 32.3 Å². The summed E-state index contributed by atoms with van der Waals surface area (Å²) < 4.78 is 6.67. The van der Waals surface area contributed by atoms with E-state index in [0.29, 0.717) is 5.82 Å². The summed E-state index contributed by atoms with van der Waals surface area (Å²) in [6.45, 7) is 0. The topological polar surface area (TPSA) is 38.9 Å². The molecule has 0 radical (unpaired) electrons. The summed E-state index contributed by atoms with van der Waals surface area (Å²) >= 11 is 0. The van der Waals surface area contributed by atoms with Crippen LogP contribution < -0.4 is 0 Å². The Kier molecular flexibility index (Phi) is 5.00. The molecule has 0 amide bonds. The van der Waals surface area contributed by atoms with E-state index in [1.807, 2.05) is 6.07 Å². The third-order valence-corrected chi connectivity index (χ3v) is 9.22. The van der Waals surface area contributed by atoms with Gasteiger partial charge in [0.15, 0.2) is 5.82 Å². The molecule has 0 atom stereocenters. The van der Waals surface area contributed by atoms with Gasteiger partial charge in [-0.25, -0.2) is 9.97 Å². The van der Waals surface area contributed by atoms with Crippen molar-refractivity contribution < 1.29 is 4.42 Å². The maximum atomic E-state index is 6.67. The van der Waals surface area contributed by atoms with Gasteiger partial charge < -0.3 is 4.42 Å². The average molecular weight is 573 g/mol. The largest absolute Gasteiger partial charge is 0.455 e. The lowest BCUT2D eigenvalue weighted by Crippen LogP contribution is -1.96. The Morgan fingerprint density at radius 3 is 1.96 bits per heavy atom. The number of nitrogens with zero attached hydrogens (tertiary/aromatic N) is 2. The molecular weight excluding hydrogens is 548 g/mol. The van der Waals surface area contributed by atoms with Gasteiger partial charge in [-0.3, -0.25) is 0 Å². The molecule has 8 aromatic carbocycles. The highest BCUT2D eigenvalue weighted by molar-refractivity contribution is 6.34. The number of fused-ring (bicyclic) bond motifs is 6. The standard InChI is InChI=1S/C42H24N2O/c1-2-11-26(12-3-1)39-35-21-20-25-10-4-5-15-29(25)40(35)44-42(43-39)28-14-8-13-27(24-28)30-22-23-34-32-17-7-6-16-31(32)33-18-9-19-36-37(33)38(34)41(30)45-36/h1-24H. The number of benzene rings is 8. The van der Waals surface area contributed by atoms with Gasteiger partial charge in [0.2, 0.25) is 0 Å². The molecular formula is C42H24N2O. The number of furan rings is 1. The van der Waals surface area contributed by atoms with Crippen molar-refractivity contribution in [1.82, 2.24) is 9.97 Å². The van der Waals surface area contributed by atoms with Crippen LogP contribution >= 0.6 is 0 Å². The summed E-state index contributed by atoms with van der Waals surface area (Å²) in [5.74, 6) is 0.703. The molecule has 45 heavy (non-hydrogen) atoms. The molecule has 0 saturated carbocycles. The van der Waals surface area contributed by atoms with Crippen molar-refractivity contribution in [1.29, 1.82) is 0 Å². The predicted molar refractivity (Wildman–Crippen MR) is 187 cm³/mol. The summed E-state index contributed by atoms with van der Waals surface area (Å²) in [6, 6.07) is 51.2. The molecule has 2 aromatic heterocycles. The second-order valence-electron chi connectivity index (χ2n) is 11.7. The van der Waals surface area contributed by atoms with E-state index in [2.05, 4.69) is 140 Å². The monoisotopic (exact) mass is 572 g/mol. The second kappa shape index (κ2) is 9.22. The Bertz CT molecular complexity index is 2760. The molecule has 0 fully saturated rings. The van der Waals surface area contributed by atoms with Gasteiger partial charge >= 0.3 is 0 Å². The molecule has 0 N–H and O–H groups in total. The van der Waals surface area contributed by atoms with E-state index in [4.69, 9.17) is 14.4 Å². The molecule has 0 saturated heterocycles. The van der Waals surface area contributed by atoms with Crippen molar-refractivity contribution >= 4 is 65.2 Å². The molecule has 3 nitrogen and oxygen atoms in total. The summed E-state index contributed by atoms with van der Waals surface area (Å²) in [5.41, 5.74) is 7.89. The Labute approximate surface area is 258 Å². The van der Waals surface area contributed by atoms with Crippen LogP contribution in [0, 0.1) is 0 Å². The smallest absolute Gasteiger partial charge is 0.160 e. The van der Waals surface area contributed by atoms with Crippen LogP contribution in [0.2, 0.25) is 0 Å². The number of hydrogen-bond donors (Lipinski definition) is 0. The molecule has 3 heteroatoms. The quantitative estimate of drug-likeness (QED) is 0.198. The first-order valence-corrected chi connectivity index (χ1v) is 15.3. The average Bonchev–Trinajstić information content (AvgIpc) is 3.51. The van der Waals surface area contributed by atoms with Gasteiger partial charge in [-0.1, -0.05) is 121 Å². The van der Waals surface area contributed by atoms with Crippen LogP contribution in [0.4, 0.5) is 0 Å². The van der Waals surface area contributed by atoms with E-state index in [1.54, 1.807) is 0 Å². The molecule has 2 heterocycles. The van der Waals surface area contributed by atoms with Crippen LogP contribution in [0.15, 0.2) is 150 Å². The van der Waals surface area contributed by atoms with Crippen molar-refractivity contribution in [3.63, 3.8) is 0 Å². The van der Waals surface area contributed by atoms with E-state index in [0.717, 1.165) is 60.8 Å². The molecule has 208 valence electrons. The lowest BCUT2D eigenvalue weighted by molar-refractivity contribution is 0.670. The Morgan fingerprint density at radius 1 is 0.422 bits per heavy atom. The number of aromatic nitrogens is 2. The van der Waals surface area contributed by atoms with E-state index in [9.17, 15) is 0 Å². The number of hydrogen-bond acceptors (Lipinski definition) is 3. The minimum atomic E-state index is 0.703. The van der Waals surface area contributed by atoms with Crippen LogP contribution in [0.25, 0.3) is 98.9 Å². The SMILES string of the molecule is c1ccc(-c2nc(-c3cccc(-c4ccc5c6ccccc6c6cccc7oc4c5c76)c3)nc3c2ccc2ccccc23)cc1. The van der Waals surface area contributed by atoms with Crippen molar-refractivity contribution in [2.24, 2.45) is 0 Å². The van der Waals surface area contributed by atoms with Crippen LogP contribution in [0.1, 0.15) is 0 Å². The highest BCUT2D eigenvalue weighted by Crippen LogP contribution is 2.45. The highest BCUT2D eigenvalue weighted by Gasteiger charge is 2.20. The van der Waals surface area contributed by atoms with Crippen LogP contribution in [0.5, 0.6) is 0 Å². The van der Waals surface area contributed by atoms with Crippen molar-refractivity contribution in [3.8, 4) is 33.8 Å². The van der Waals surface area contributed by atoms with Crippen molar-refractivity contribution in [3.05, 3.63) is 146 Å².